The molecule has 0 atom stereocenters. The molecule has 0 aliphatic carbocycles. The average Bonchev–Trinajstić information content (AvgIpc) is 2.13. The fourth-order valence-electron chi connectivity index (χ4n) is 1.44. The maximum atomic E-state index is 11.8. The highest BCUT2D eigenvalue weighted by molar-refractivity contribution is 8.00. The van der Waals surface area contributed by atoms with Crippen LogP contribution in [0.5, 0.6) is 0 Å². The predicted octanol–water partition coefficient (Wildman–Crippen LogP) is 2.09. The van der Waals surface area contributed by atoms with Crippen molar-refractivity contribution in [1.82, 2.24) is 4.57 Å². The van der Waals surface area contributed by atoms with E-state index in [1.165, 1.54) is 13.0 Å². The second-order valence-electron chi connectivity index (χ2n) is 3.85. The predicted molar refractivity (Wildman–Crippen MR) is 66.5 cm³/mol. The van der Waals surface area contributed by atoms with Crippen LogP contribution in [0.4, 0.5) is 10.5 Å². The van der Waals surface area contributed by atoms with Gasteiger partial charge in [0.25, 0.3) is 0 Å². The van der Waals surface area contributed by atoms with E-state index in [0.717, 1.165) is 11.8 Å². The molecule has 1 N–H and O–H groups in total. The Balaban J connectivity index is 3.61. The third-order valence-electron chi connectivity index (χ3n) is 2.07. The third kappa shape index (κ3) is 2.70. The monoisotopic (exact) mass is 272 g/mol. The van der Waals surface area contributed by atoms with Gasteiger partial charge in [-0.3, -0.25) is 14.9 Å². The number of aromatic nitrogens is 1. The Morgan fingerprint density at radius 3 is 2.50 bits per heavy atom. The van der Waals surface area contributed by atoms with Gasteiger partial charge in [0.2, 0.25) is 0 Å². The molecule has 18 heavy (non-hydrogen) atoms. The molecule has 0 bridgehead atoms. The van der Waals surface area contributed by atoms with Crippen molar-refractivity contribution < 1.29 is 14.8 Å². The SMILES string of the molecule is Cc1cc(SC(C)C)c([N+](=O)[O-])c(=O)n1C(=O)O. The van der Waals surface area contributed by atoms with E-state index < -0.39 is 22.3 Å². The summed E-state index contributed by atoms with van der Waals surface area (Å²) in [7, 11) is 0. The quantitative estimate of drug-likeness (QED) is 0.513. The maximum absolute atomic E-state index is 11.8. The summed E-state index contributed by atoms with van der Waals surface area (Å²) in [5.74, 6) is 0. The Kier molecular flexibility index (Phi) is 4.12. The van der Waals surface area contributed by atoms with Crippen LogP contribution in [0, 0.1) is 17.0 Å². The lowest BCUT2D eigenvalue weighted by atomic mass is 10.3. The van der Waals surface area contributed by atoms with Crippen LogP contribution in [0.1, 0.15) is 19.5 Å². The van der Waals surface area contributed by atoms with Crippen molar-refractivity contribution >= 4 is 23.5 Å². The number of rotatable bonds is 3. The second kappa shape index (κ2) is 5.21. The normalized spacial score (nSPS) is 10.7. The first kappa shape index (κ1) is 14.2. The largest absolute Gasteiger partial charge is 0.464 e. The van der Waals surface area contributed by atoms with Gasteiger partial charge in [-0.25, -0.2) is 9.36 Å². The molecule has 1 aromatic heterocycles. The van der Waals surface area contributed by atoms with Crippen LogP contribution < -0.4 is 5.56 Å². The molecule has 1 rings (SSSR count). The van der Waals surface area contributed by atoms with Gasteiger partial charge < -0.3 is 5.11 Å². The van der Waals surface area contributed by atoms with Gasteiger partial charge in [-0.2, -0.15) is 0 Å². The lowest BCUT2D eigenvalue weighted by Gasteiger charge is -2.09. The van der Waals surface area contributed by atoms with Gasteiger partial charge in [0, 0.05) is 10.9 Å². The zero-order valence-corrected chi connectivity index (χ0v) is 10.9. The molecular weight excluding hydrogens is 260 g/mol. The van der Waals surface area contributed by atoms with Crippen LogP contribution in [0.2, 0.25) is 0 Å². The van der Waals surface area contributed by atoms with Gasteiger partial charge in [0.15, 0.2) is 0 Å². The molecule has 8 heteroatoms. The second-order valence-corrected chi connectivity index (χ2v) is 5.46. The van der Waals surface area contributed by atoms with Crippen molar-refractivity contribution in [1.29, 1.82) is 0 Å². The molecule has 0 aliphatic heterocycles. The number of carboxylic acid groups (broad SMARTS) is 1. The molecule has 0 amide bonds. The summed E-state index contributed by atoms with van der Waals surface area (Å²) in [6.07, 6.45) is -1.53. The number of hydrogen-bond acceptors (Lipinski definition) is 5. The minimum absolute atomic E-state index is 0.0446. The molecular formula is C10H12N2O5S. The van der Waals surface area contributed by atoms with Crippen molar-refractivity contribution in [3.05, 3.63) is 32.2 Å². The van der Waals surface area contributed by atoms with E-state index >= 15 is 0 Å². The molecule has 1 heterocycles. The zero-order chi connectivity index (χ0) is 14.0. The summed E-state index contributed by atoms with van der Waals surface area (Å²) in [4.78, 5) is 32.9. The topological polar surface area (TPSA) is 102 Å². The summed E-state index contributed by atoms with van der Waals surface area (Å²) in [6, 6.07) is 1.35. The molecule has 7 nitrogen and oxygen atoms in total. The van der Waals surface area contributed by atoms with Crippen molar-refractivity contribution in [3.8, 4) is 0 Å². The minimum Gasteiger partial charge on any atom is -0.464 e. The number of hydrogen-bond donors (Lipinski definition) is 1. The van der Waals surface area contributed by atoms with Crippen LogP contribution in [0.25, 0.3) is 0 Å². The maximum Gasteiger partial charge on any atom is 0.418 e. The van der Waals surface area contributed by atoms with E-state index in [4.69, 9.17) is 5.11 Å². The number of pyridine rings is 1. The highest BCUT2D eigenvalue weighted by atomic mass is 32.2. The van der Waals surface area contributed by atoms with E-state index in [1.807, 2.05) is 13.8 Å². The lowest BCUT2D eigenvalue weighted by Crippen LogP contribution is -2.30. The van der Waals surface area contributed by atoms with Gasteiger partial charge >= 0.3 is 17.3 Å². The number of aryl methyl sites for hydroxylation is 1. The Labute approximate surface area is 107 Å². The fourth-order valence-corrected chi connectivity index (χ4v) is 2.46. The smallest absolute Gasteiger partial charge is 0.418 e. The van der Waals surface area contributed by atoms with E-state index in [-0.39, 0.29) is 15.8 Å². The Hall–Kier alpha value is -1.83. The molecule has 0 spiro atoms. The summed E-state index contributed by atoms with van der Waals surface area (Å²) in [5, 5.41) is 19.8. The standard InChI is InChI=1S/C10H12N2O5S/c1-5(2)18-7-4-6(3)11(10(14)15)9(13)8(7)12(16)17/h4-5H,1-3H3,(H,14,15). The highest BCUT2D eigenvalue weighted by Gasteiger charge is 2.26. The summed E-state index contributed by atoms with van der Waals surface area (Å²) in [5.41, 5.74) is -1.65. The van der Waals surface area contributed by atoms with Crippen molar-refractivity contribution in [2.75, 3.05) is 0 Å². The fraction of sp³-hybridized carbons (Fsp3) is 0.400. The van der Waals surface area contributed by atoms with Gasteiger partial charge in [0.1, 0.15) is 0 Å². The number of thioether (sulfide) groups is 1. The number of nitro groups is 1. The molecule has 0 fully saturated rings. The molecule has 0 unspecified atom stereocenters. The Morgan fingerprint density at radius 1 is 1.56 bits per heavy atom. The van der Waals surface area contributed by atoms with E-state index in [2.05, 4.69) is 0 Å². The van der Waals surface area contributed by atoms with Crippen LogP contribution in [-0.2, 0) is 0 Å². The Morgan fingerprint density at radius 2 is 2.11 bits per heavy atom. The van der Waals surface area contributed by atoms with Crippen LogP contribution in [0.3, 0.4) is 0 Å². The first-order valence-corrected chi connectivity index (χ1v) is 5.94. The first-order chi connectivity index (χ1) is 8.25. The highest BCUT2D eigenvalue weighted by Crippen LogP contribution is 2.30. The first-order valence-electron chi connectivity index (χ1n) is 5.06. The molecule has 0 saturated heterocycles. The summed E-state index contributed by atoms with van der Waals surface area (Å²) < 4.78 is 0.377. The van der Waals surface area contributed by atoms with E-state index in [0.29, 0.717) is 4.57 Å². The number of nitrogens with zero attached hydrogens (tertiary/aromatic N) is 2. The molecule has 0 aromatic carbocycles. The number of carbonyl (C=O) groups is 1. The van der Waals surface area contributed by atoms with Gasteiger partial charge in [-0.1, -0.05) is 13.8 Å². The van der Waals surface area contributed by atoms with Crippen molar-refractivity contribution in [3.63, 3.8) is 0 Å². The van der Waals surface area contributed by atoms with Crippen LogP contribution in [-0.4, -0.2) is 25.9 Å². The van der Waals surface area contributed by atoms with E-state index in [9.17, 15) is 19.7 Å². The zero-order valence-electron chi connectivity index (χ0n) is 10.0. The molecule has 0 aliphatic rings. The average molecular weight is 272 g/mol. The molecule has 0 radical (unpaired) electrons. The Bertz CT molecular complexity index is 564. The lowest BCUT2D eigenvalue weighted by molar-refractivity contribution is -0.389. The van der Waals surface area contributed by atoms with Gasteiger partial charge in [0.05, 0.1) is 9.82 Å². The van der Waals surface area contributed by atoms with Gasteiger partial charge in [-0.05, 0) is 13.0 Å². The summed E-state index contributed by atoms with van der Waals surface area (Å²) in [6.45, 7) is 5.07. The molecule has 98 valence electrons. The van der Waals surface area contributed by atoms with Crippen LogP contribution in [0.15, 0.2) is 15.8 Å². The molecule has 1 aromatic rings. The molecule has 0 saturated carbocycles. The summed E-state index contributed by atoms with van der Waals surface area (Å²) >= 11 is 1.15. The van der Waals surface area contributed by atoms with Gasteiger partial charge in [-0.15, -0.1) is 11.8 Å². The van der Waals surface area contributed by atoms with Crippen LogP contribution >= 0.6 is 11.8 Å². The third-order valence-corrected chi connectivity index (χ3v) is 3.10. The van der Waals surface area contributed by atoms with Crippen molar-refractivity contribution in [2.45, 2.75) is 30.9 Å². The minimum atomic E-state index is -1.53. The van der Waals surface area contributed by atoms with E-state index in [1.54, 1.807) is 0 Å². The van der Waals surface area contributed by atoms with Crippen molar-refractivity contribution in [2.24, 2.45) is 0 Å².